The van der Waals surface area contributed by atoms with Crippen LogP contribution in [0.5, 0.6) is 0 Å². The second kappa shape index (κ2) is 13.2. The van der Waals surface area contributed by atoms with Gasteiger partial charge in [0.15, 0.2) is 0 Å². The van der Waals surface area contributed by atoms with Crippen molar-refractivity contribution in [2.45, 2.75) is 51.6 Å². The van der Waals surface area contributed by atoms with Gasteiger partial charge in [0.2, 0.25) is 5.16 Å². The molecule has 0 spiro atoms. The molecule has 13 heteroatoms. The molecule has 1 atom stereocenters. The first kappa shape index (κ1) is 32.0. The largest absolute Gasteiger partial charge is 0.412 e. The number of halogens is 6. The average molecular weight is 577 g/mol. The molecule has 0 saturated carbocycles. The van der Waals surface area contributed by atoms with Crippen LogP contribution >= 0.6 is 0 Å². The van der Waals surface area contributed by atoms with Crippen molar-refractivity contribution in [3.05, 3.63) is 58.7 Å². The van der Waals surface area contributed by atoms with E-state index in [1.165, 1.54) is 6.26 Å². The van der Waals surface area contributed by atoms with E-state index in [1.807, 2.05) is 0 Å². The van der Waals surface area contributed by atoms with Crippen LogP contribution in [0.25, 0.3) is 11.3 Å². The molecule has 1 aromatic heterocycles. The van der Waals surface area contributed by atoms with Gasteiger partial charge >= 0.3 is 12.4 Å². The van der Waals surface area contributed by atoms with Crippen molar-refractivity contribution in [1.82, 2.24) is 14.9 Å². The summed E-state index contributed by atoms with van der Waals surface area (Å²) in [5.41, 5.74) is -0.0493. The van der Waals surface area contributed by atoms with E-state index in [1.54, 1.807) is 45.0 Å². The Kier molecular flexibility index (Phi) is 10.8. The summed E-state index contributed by atoms with van der Waals surface area (Å²) in [6, 6.07) is 6.97. The van der Waals surface area contributed by atoms with Crippen LogP contribution in [0.3, 0.4) is 0 Å². The zero-order valence-corrected chi connectivity index (χ0v) is 22.9. The Bertz CT molecular complexity index is 1270. The predicted octanol–water partition coefficient (Wildman–Crippen LogP) is 6.47. The summed E-state index contributed by atoms with van der Waals surface area (Å²) in [4.78, 5) is 23.7. The van der Waals surface area contributed by atoms with Crippen LogP contribution in [0.2, 0.25) is 0 Å². The predicted molar refractivity (Wildman–Crippen MR) is 139 cm³/mol. The highest BCUT2D eigenvalue weighted by Crippen LogP contribution is 2.32. The molecule has 0 aliphatic heterocycles. The van der Waals surface area contributed by atoms with Crippen molar-refractivity contribution >= 4 is 22.5 Å². The summed E-state index contributed by atoms with van der Waals surface area (Å²) in [7, 11) is -1.62. The maximum atomic E-state index is 13.9. The number of allylic oxidation sites excluding steroid dienone is 2. The van der Waals surface area contributed by atoms with Crippen LogP contribution in [0.4, 0.5) is 32.2 Å². The van der Waals surface area contributed by atoms with Crippen LogP contribution in [0.15, 0.2) is 52.7 Å². The van der Waals surface area contributed by atoms with E-state index in [2.05, 4.69) is 15.3 Å². The van der Waals surface area contributed by atoms with Gasteiger partial charge in [0, 0.05) is 37.0 Å². The molecule has 0 radical (unpaired) electrons. The van der Waals surface area contributed by atoms with E-state index in [0.29, 0.717) is 24.3 Å². The fraction of sp³-hybridized carbons (Fsp3) is 0.423. The summed E-state index contributed by atoms with van der Waals surface area (Å²) in [6.07, 6.45) is -8.25. The van der Waals surface area contributed by atoms with Gasteiger partial charge in [0.05, 0.1) is 22.9 Å². The first-order valence-corrected chi connectivity index (χ1v) is 13.5. The Labute approximate surface area is 225 Å². The first-order chi connectivity index (χ1) is 18.1. The Hall–Kier alpha value is -3.22. The standard InChI is InChI=1S/C26H30F6N4O2S/c1-6-33-22-20(21(34-24(35-22)39(5)38)19-11-9-8-10-16(19)3)23(37)36(7-2)15-18(12-13-25(27,28)29)14-17(4)26(30,31)32/h8-12,14H,6-7,13,15H2,1-5H3,(H,33,34,35)/b17-14+,18-12+. The molecule has 1 unspecified atom stereocenters. The van der Waals surface area contributed by atoms with E-state index in [-0.39, 0.29) is 34.3 Å². The van der Waals surface area contributed by atoms with E-state index in [0.717, 1.165) is 17.4 Å². The molecular weight excluding hydrogens is 546 g/mol. The SMILES string of the molecule is CCNc1nc(S(C)=O)nc(-c2ccccc2C)c1C(=O)N(CC)CC(=C/CC(F)(F)F)/C=C(\C)C(F)(F)F. The zero-order valence-electron chi connectivity index (χ0n) is 22.1. The molecule has 214 valence electrons. The molecule has 2 rings (SSSR count). The molecule has 2 aromatic rings. The van der Waals surface area contributed by atoms with Gasteiger partial charge in [-0.15, -0.1) is 0 Å². The van der Waals surface area contributed by atoms with Gasteiger partial charge in [-0.1, -0.05) is 30.3 Å². The highest BCUT2D eigenvalue weighted by Gasteiger charge is 2.32. The number of likely N-dealkylation sites (N-methyl/N-ethyl adjacent to an activating group) is 1. The number of hydrogen-bond acceptors (Lipinski definition) is 5. The van der Waals surface area contributed by atoms with Gasteiger partial charge in [-0.05, 0) is 44.9 Å². The number of carbonyl (C=O) groups excluding carboxylic acids is 1. The van der Waals surface area contributed by atoms with Gasteiger partial charge < -0.3 is 10.2 Å². The average Bonchev–Trinajstić information content (AvgIpc) is 2.84. The van der Waals surface area contributed by atoms with Gasteiger partial charge in [0.1, 0.15) is 11.4 Å². The van der Waals surface area contributed by atoms with E-state index in [9.17, 15) is 35.3 Å². The van der Waals surface area contributed by atoms with Gasteiger partial charge in [-0.2, -0.15) is 26.3 Å². The second-order valence-corrected chi connectivity index (χ2v) is 9.89. The molecule has 6 nitrogen and oxygen atoms in total. The van der Waals surface area contributed by atoms with E-state index >= 15 is 0 Å². The highest BCUT2D eigenvalue weighted by molar-refractivity contribution is 7.84. The van der Waals surface area contributed by atoms with Crippen molar-refractivity contribution < 1.29 is 35.3 Å². The van der Waals surface area contributed by atoms with Crippen LogP contribution in [-0.4, -0.2) is 63.2 Å². The lowest BCUT2D eigenvalue weighted by Gasteiger charge is -2.25. The number of rotatable bonds is 10. The minimum absolute atomic E-state index is 0.0334. The fourth-order valence-electron chi connectivity index (χ4n) is 3.58. The molecule has 39 heavy (non-hydrogen) atoms. The maximum Gasteiger partial charge on any atom is 0.412 e. The summed E-state index contributed by atoms with van der Waals surface area (Å²) >= 11 is 0. The molecule has 1 N–H and O–H groups in total. The number of carbonyl (C=O) groups is 1. The molecule has 1 amide bonds. The third kappa shape index (κ3) is 8.91. The normalized spacial score (nSPS) is 13.8. The Morgan fingerprint density at radius 2 is 1.74 bits per heavy atom. The summed E-state index contributed by atoms with van der Waals surface area (Å²) < 4.78 is 90.7. The minimum atomic E-state index is -4.76. The molecule has 0 saturated heterocycles. The number of nitrogens with one attached hydrogen (secondary N) is 1. The smallest absolute Gasteiger partial charge is 0.370 e. The number of nitrogens with zero attached hydrogens (tertiary/aromatic N) is 3. The monoisotopic (exact) mass is 576 g/mol. The lowest BCUT2D eigenvalue weighted by molar-refractivity contribution is -0.125. The molecule has 1 heterocycles. The lowest BCUT2D eigenvalue weighted by atomic mass is 10.00. The number of alkyl halides is 6. The van der Waals surface area contributed by atoms with Crippen molar-refractivity contribution in [2.75, 3.05) is 31.2 Å². The summed E-state index contributed by atoms with van der Waals surface area (Å²) in [5.74, 6) is -0.654. The Balaban J connectivity index is 2.72. The van der Waals surface area contributed by atoms with Gasteiger partial charge in [-0.25, -0.2) is 9.97 Å². The number of aryl methyl sites for hydroxylation is 1. The number of aromatic nitrogens is 2. The zero-order chi connectivity index (χ0) is 29.5. The number of hydrogen-bond donors (Lipinski definition) is 1. The summed E-state index contributed by atoms with van der Waals surface area (Å²) in [6.45, 7) is 5.57. The highest BCUT2D eigenvalue weighted by atomic mass is 32.2. The summed E-state index contributed by atoms with van der Waals surface area (Å²) in [5, 5.41) is 2.91. The van der Waals surface area contributed by atoms with E-state index in [4.69, 9.17) is 0 Å². The van der Waals surface area contributed by atoms with Crippen LogP contribution < -0.4 is 5.32 Å². The lowest BCUT2D eigenvalue weighted by Crippen LogP contribution is -2.34. The van der Waals surface area contributed by atoms with E-state index < -0.39 is 47.6 Å². The fourth-order valence-corrected chi connectivity index (χ4v) is 4.02. The molecular formula is C26H30F6N4O2S. The number of anilines is 1. The minimum Gasteiger partial charge on any atom is -0.370 e. The van der Waals surface area contributed by atoms with Crippen molar-refractivity contribution in [3.63, 3.8) is 0 Å². The van der Waals surface area contributed by atoms with Crippen molar-refractivity contribution in [3.8, 4) is 11.3 Å². The third-order valence-corrected chi connectivity index (χ3v) is 6.29. The number of amides is 1. The second-order valence-electron chi connectivity index (χ2n) is 8.62. The Morgan fingerprint density at radius 1 is 1.10 bits per heavy atom. The molecule has 0 aliphatic carbocycles. The number of benzene rings is 1. The molecule has 1 aromatic carbocycles. The van der Waals surface area contributed by atoms with Crippen molar-refractivity contribution in [1.29, 1.82) is 0 Å². The molecule has 0 aliphatic rings. The molecule has 0 fully saturated rings. The van der Waals surface area contributed by atoms with Gasteiger partial charge in [-0.3, -0.25) is 9.00 Å². The topological polar surface area (TPSA) is 75.2 Å². The van der Waals surface area contributed by atoms with Crippen molar-refractivity contribution in [2.24, 2.45) is 0 Å². The first-order valence-electron chi connectivity index (χ1n) is 11.9. The quantitative estimate of drug-likeness (QED) is 0.199. The third-order valence-electron chi connectivity index (χ3n) is 5.59. The molecule has 0 bridgehead atoms. The van der Waals surface area contributed by atoms with Crippen LogP contribution in [0.1, 0.15) is 43.1 Å². The maximum absolute atomic E-state index is 13.9. The van der Waals surface area contributed by atoms with Crippen LogP contribution in [-0.2, 0) is 10.8 Å². The Morgan fingerprint density at radius 3 is 2.26 bits per heavy atom. The van der Waals surface area contributed by atoms with Crippen LogP contribution in [0, 0.1) is 6.92 Å². The van der Waals surface area contributed by atoms with Gasteiger partial charge in [0.25, 0.3) is 5.91 Å².